The van der Waals surface area contributed by atoms with Crippen molar-refractivity contribution < 1.29 is 4.79 Å². The Balaban J connectivity index is 1.98. The van der Waals surface area contributed by atoms with Gasteiger partial charge in [-0.25, -0.2) is 0 Å². The van der Waals surface area contributed by atoms with Crippen molar-refractivity contribution in [2.75, 3.05) is 29.9 Å². The number of benzene rings is 1. The van der Waals surface area contributed by atoms with Crippen molar-refractivity contribution in [1.29, 1.82) is 0 Å². The van der Waals surface area contributed by atoms with Gasteiger partial charge in [-0.15, -0.1) is 0 Å². The van der Waals surface area contributed by atoms with Gasteiger partial charge >= 0.3 is 0 Å². The molecule has 3 nitrogen and oxygen atoms in total. The molecular weight excluding hydrogens is 212 g/mol. The second kappa shape index (κ2) is 4.06. The molecule has 0 bridgehead atoms. The van der Waals surface area contributed by atoms with Crippen molar-refractivity contribution in [1.82, 2.24) is 0 Å². The summed E-state index contributed by atoms with van der Waals surface area (Å²) >= 11 is 0. The SMILES string of the molecule is CN1CCC(=O)N(CC2CC2)c2ccccc21. The third kappa shape index (κ3) is 2.02. The lowest BCUT2D eigenvalue weighted by Crippen LogP contribution is -2.32. The fourth-order valence-corrected chi connectivity index (χ4v) is 2.43. The third-order valence-electron chi connectivity index (χ3n) is 3.68. The van der Waals surface area contributed by atoms with E-state index in [1.165, 1.54) is 18.5 Å². The molecule has 1 saturated carbocycles. The van der Waals surface area contributed by atoms with Gasteiger partial charge in [0.05, 0.1) is 11.4 Å². The summed E-state index contributed by atoms with van der Waals surface area (Å²) in [6.07, 6.45) is 3.18. The number of carbonyl (C=O) groups is 1. The van der Waals surface area contributed by atoms with Crippen LogP contribution in [0.15, 0.2) is 24.3 Å². The Morgan fingerprint density at radius 3 is 2.65 bits per heavy atom. The minimum Gasteiger partial charge on any atom is -0.372 e. The van der Waals surface area contributed by atoms with Crippen LogP contribution in [0, 0.1) is 5.92 Å². The summed E-state index contributed by atoms with van der Waals surface area (Å²) in [4.78, 5) is 16.4. The second-order valence-electron chi connectivity index (χ2n) is 5.11. The zero-order valence-electron chi connectivity index (χ0n) is 10.2. The summed E-state index contributed by atoms with van der Waals surface area (Å²) in [6, 6.07) is 8.23. The molecule has 0 saturated heterocycles. The number of hydrogen-bond acceptors (Lipinski definition) is 2. The summed E-state index contributed by atoms with van der Waals surface area (Å²) in [5.41, 5.74) is 2.27. The summed E-state index contributed by atoms with van der Waals surface area (Å²) < 4.78 is 0. The van der Waals surface area contributed by atoms with Gasteiger partial charge in [-0.05, 0) is 30.9 Å². The fourth-order valence-electron chi connectivity index (χ4n) is 2.43. The van der Waals surface area contributed by atoms with Crippen LogP contribution in [0.5, 0.6) is 0 Å². The minimum absolute atomic E-state index is 0.272. The molecule has 0 atom stereocenters. The molecule has 0 aromatic heterocycles. The predicted octanol–water partition coefficient (Wildman–Crippen LogP) is 2.27. The Kier molecular flexibility index (Phi) is 2.54. The van der Waals surface area contributed by atoms with E-state index in [1.54, 1.807) is 0 Å². The number of carbonyl (C=O) groups excluding carboxylic acids is 1. The van der Waals surface area contributed by atoms with Crippen molar-refractivity contribution in [3.05, 3.63) is 24.3 Å². The largest absolute Gasteiger partial charge is 0.372 e. The molecule has 2 aliphatic rings. The van der Waals surface area contributed by atoms with Crippen molar-refractivity contribution in [3.63, 3.8) is 0 Å². The van der Waals surface area contributed by atoms with E-state index in [4.69, 9.17) is 0 Å². The molecule has 0 N–H and O–H groups in total. The van der Waals surface area contributed by atoms with Crippen LogP contribution in [-0.2, 0) is 4.79 Å². The van der Waals surface area contributed by atoms with Crippen LogP contribution in [0.25, 0.3) is 0 Å². The predicted molar refractivity (Wildman–Crippen MR) is 69.4 cm³/mol. The van der Waals surface area contributed by atoms with Crippen molar-refractivity contribution in [3.8, 4) is 0 Å². The van der Waals surface area contributed by atoms with Crippen LogP contribution in [-0.4, -0.2) is 26.0 Å². The zero-order valence-corrected chi connectivity index (χ0v) is 10.2. The lowest BCUT2D eigenvalue weighted by molar-refractivity contribution is -0.118. The van der Waals surface area contributed by atoms with E-state index in [0.29, 0.717) is 6.42 Å². The van der Waals surface area contributed by atoms with Crippen LogP contribution in [0.4, 0.5) is 11.4 Å². The summed E-state index contributed by atoms with van der Waals surface area (Å²) in [5.74, 6) is 1.00. The van der Waals surface area contributed by atoms with Gasteiger partial charge in [0.1, 0.15) is 0 Å². The van der Waals surface area contributed by atoms with E-state index in [2.05, 4.69) is 24.1 Å². The maximum atomic E-state index is 12.2. The Hall–Kier alpha value is -1.51. The summed E-state index contributed by atoms with van der Waals surface area (Å²) in [7, 11) is 2.06. The summed E-state index contributed by atoms with van der Waals surface area (Å²) in [5, 5.41) is 0. The van der Waals surface area contributed by atoms with E-state index in [1.807, 2.05) is 17.0 Å². The average molecular weight is 230 g/mol. The lowest BCUT2D eigenvalue weighted by atomic mass is 10.2. The standard InChI is InChI=1S/C14H18N2O/c1-15-9-8-14(17)16(10-11-6-7-11)13-5-3-2-4-12(13)15/h2-5,11H,6-10H2,1H3. The summed E-state index contributed by atoms with van der Waals surface area (Å²) in [6.45, 7) is 1.72. The molecule has 17 heavy (non-hydrogen) atoms. The molecule has 90 valence electrons. The Morgan fingerprint density at radius 2 is 1.94 bits per heavy atom. The molecule has 3 rings (SSSR count). The Labute approximate surface area is 102 Å². The molecular formula is C14H18N2O. The molecule has 1 fully saturated rings. The van der Waals surface area contributed by atoms with Crippen molar-refractivity contribution >= 4 is 17.3 Å². The highest BCUT2D eigenvalue weighted by Crippen LogP contribution is 2.36. The molecule has 3 heteroatoms. The van der Waals surface area contributed by atoms with Gasteiger partial charge < -0.3 is 9.80 Å². The van der Waals surface area contributed by atoms with E-state index in [9.17, 15) is 4.79 Å². The Morgan fingerprint density at radius 1 is 1.24 bits per heavy atom. The normalized spacial score (nSPS) is 20.2. The topological polar surface area (TPSA) is 23.6 Å². The second-order valence-corrected chi connectivity index (χ2v) is 5.11. The van der Waals surface area contributed by atoms with Gasteiger partial charge in [-0.3, -0.25) is 4.79 Å². The number of nitrogens with zero attached hydrogens (tertiary/aromatic N) is 2. The Bertz CT molecular complexity index is 440. The molecule has 1 heterocycles. The monoisotopic (exact) mass is 230 g/mol. The first-order chi connectivity index (χ1) is 8.25. The van der Waals surface area contributed by atoms with Crippen LogP contribution in [0.3, 0.4) is 0 Å². The van der Waals surface area contributed by atoms with Crippen LogP contribution < -0.4 is 9.80 Å². The van der Waals surface area contributed by atoms with Gasteiger partial charge in [-0.1, -0.05) is 12.1 Å². The van der Waals surface area contributed by atoms with Gasteiger partial charge in [0, 0.05) is 26.6 Å². The van der Waals surface area contributed by atoms with Gasteiger partial charge in [0.2, 0.25) is 5.91 Å². The highest BCUT2D eigenvalue weighted by Gasteiger charge is 2.30. The molecule has 0 spiro atoms. The number of amides is 1. The van der Waals surface area contributed by atoms with E-state index in [0.717, 1.165) is 24.7 Å². The number of anilines is 2. The van der Waals surface area contributed by atoms with Crippen LogP contribution in [0.1, 0.15) is 19.3 Å². The van der Waals surface area contributed by atoms with Crippen LogP contribution in [0.2, 0.25) is 0 Å². The quantitative estimate of drug-likeness (QED) is 0.778. The fraction of sp³-hybridized carbons (Fsp3) is 0.500. The van der Waals surface area contributed by atoms with Crippen LogP contribution >= 0.6 is 0 Å². The molecule has 1 aromatic rings. The van der Waals surface area contributed by atoms with Crippen molar-refractivity contribution in [2.45, 2.75) is 19.3 Å². The van der Waals surface area contributed by atoms with Gasteiger partial charge in [-0.2, -0.15) is 0 Å². The van der Waals surface area contributed by atoms with E-state index < -0.39 is 0 Å². The van der Waals surface area contributed by atoms with Crippen molar-refractivity contribution in [2.24, 2.45) is 5.92 Å². The van der Waals surface area contributed by atoms with E-state index in [-0.39, 0.29) is 5.91 Å². The molecule has 1 amide bonds. The lowest BCUT2D eigenvalue weighted by Gasteiger charge is -2.24. The first-order valence-corrected chi connectivity index (χ1v) is 6.36. The number of para-hydroxylation sites is 2. The number of fused-ring (bicyclic) bond motifs is 1. The highest BCUT2D eigenvalue weighted by molar-refractivity contribution is 5.98. The zero-order chi connectivity index (χ0) is 11.8. The molecule has 0 unspecified atom stereocenters. The number of rotatable bonds is 2. The van der Waals surface area contributed by atoms with Gasteiger partial charge in [0.25, 0.3) is 0 Å². The maximum Gasteiger partial charge on any atom is 0.228 e. The smallest absolute Gasteiger partial charge is 0.228 e. The number of hydrogen-bond donors (Lipinski definition) is 0. The maximum absolute atomic E-state index is 12.2. The first kappa shape index (κ1) is 10.6. The van der Waals surface area contributed by atoms with E-state index >= 15 is 0 Å². The molecule has 0 radical (unpaired) electrons. The highest BCUT2D eigenvalue weighted by atomic mass is 16.2. The molecule has 1 aliphatic carbocycles. The average Bonchev–Trinajstić information content (AvgIpc) is 3.16. The van der Waals surface area contributed by atoms with Gasteiger partial charge in [0.15, 0.2) is 0 Å². The minimum atomic E-state index is 0.272. The molecule has 1 aromatic carbocycles. The molecule has 1 aliphatic heterocycles. The first-order valence-electron chi connectivity index (χ1n) is 6.36. The third-order valence-corrected chi connectivity index (χ3v) is 3.68.